The van der Waals surface area contributed by atoms with Crippen molar-refractivity contribution in [3.63, 3.8) is 0 Å². The van der Waals surface area contributed by atoms with Crippen LogP contribution in [0.25, 0.3) is 11.4 Å². The summed E-state index contributed by atoms with van der Waals surface area (Å²) in [7, 11) is -0.0572. The monoisotopic (exact) mass is 427 g/mol. The lowest BCUT2D eigenvalue weighted by Crippen LogP contribution is -2.21. The van der Waals surface area contributed by atoms with Gasteiger partial charge < -0.3 is 14.6 Å². The summed E-state index contributed by atoms with van der Waals surface area (Å²) in [5.74, 6) is 0.793. The Hall–Kier alpha value is -3.46. The van der Waals surface area contributed by atoms with Gasteiger partial charge in [0.2, 0.25) is 0 Å². The highest BCUT2D eigenvalue weighted by atomic mass is 32.2. The highest BCUT2D eigenvalue weighted by molar-refractivity contribution is 7.90. The van der Waals surface area contributed by atoms with Crippen LogP contribution in [0.1, 0.15) is 15.9 Å². The molecule has 0 spiro atoms. The van der Waals surface area contributed by atoms with E-state index in [0.29, 0.717) is 34.0 Å². The van der Waals surface area contributed by atoms with Gasteiger partial charge in [0.25, 0.3) is 11.5 Å². The molecule has 1 heterocycles. The number of aryl methyl sites for hydroxylation is 1. The van der Waals surface area contributed by atoms with Crippen molar-refractivity contribution in [2.24, 2.45) is 0 Å². The largest absolute Gasteiger partial charge is 0.457 e. The Balaban J connectivity index is 2.04. The number of carbonyl (C=O) groups excluding carboxylic acids is 1. The van der Waals surface area contributed by atoms with E-state index in [2.05, 4.69) is 9.97 Å². The van der Waals surface area contributed by atoms with Gasteiger partial charge in [-0.3, -0.25) is 9.59 Å². The summed E-state index contributed by atoms with van der Waals surface area (Å²) in [6.45, 7) is 1.65. The normalized spacial score (nSPS) is 11.2. The zero-order chi connectivity index (χ0) is 22.1. The molecule has 1 N–H and O–H groups in total. The molecule has 1 aromatic heterocycles. The number of carbonyl (C=O) groups is 1. The molecule has 9 heteroatoms. The highest BCUT2D eigenvalue weighted by Crippen LogP contribution is 2.28. The third-order valence-corrected chi connectivity index (χ3v) is 5.43. The second-order valence-corrected chi connectivity index (χ2v) is 9.05. The number of amides is 1. The Bertz CT molecular complexity index is 1260. The Labute approximate surface area is 174 Å². The molecule has 30 heavy (non-hydrogen) atoms. The van der Waals surface area contributed by atoms with Gasteiger partial charge in [-0.1, -0.05) is 0 Å². The van der Waals surface area contributed by atoms with E-state index >= 15 is 0 Å². The maximum Gasteiger partial charge on any atom is 0.254 e. The van der Waals surface area contributed by atoms with Crippen molar-refractivity contribution >= 4 is 15.7 Å². The van der Waals surface area contributed by atoms with Crippen molar-refractivity contribution in [2.75, 3.05) is 20.4 Å². The second kappa shape index (κ2) is 8.11. The first kappa shape index (κ1) is 21.3. The average Bonchev–Trinajstić information content (AvgIpc) is 2.69. The zero-order valence-corrected chi connectivity index (χ0v) is 17.8. The van der Waals surface area contributed by atoms with E-state index in [-0.39, 0.29) is 16.4 Å². The number of ether oxygens (including phenoxy) is 1. The van der Waals surface area contributed by atoms with Gasteiger partial charge >= 0.3 is 0 Å². The SMILES string of the molecule is Cc1cnc(-c2cc(Oc3ccc(S(C)(=O)=O)cc3)cc(C(=O)N(C)C)c2)[nH]c1=O. The lowest BCUT2D eigenvalue weighted by molar-refractivity contribution is 0.0827. The summed E-state index contributed by atoms with van der Waals surface area (Å²) in [5.41, 5.74) is 1.05. The molecule has 0 bridgehead atoms. The first-order valence-corrected chi connectivity index (χ1v) is 10.8. The van der Waals surface area contributed by atoms with Crippen LogP contribution in [0.15, 0.2) is 58.4 Å². The van der Waals surface area contributed by atoms with Crippen LogP contribution in [-0.4, -0.2) is 49.5 Å². The van der Waals surface area contributed by atoms with E-state index in [0.717, 1.165) is 6.26 Å². The van der Waals surface area contributed by atoms with Crippen LogP contribution >= 0.6 is 0 Å². The summed E-state index contributed by atoms with van der Waals surface area (Å²) in [6.07, 6.45) is 2.58. The number of nitrogens with one attached hydrogen (secondary N) is 1. The average molecular weight is 427 g/mol. The first-order valence-electron chi connectivity index (χ1n) is 8.95. The summed E-state index contributed by atoms with van der Waals surface area (Å²) in [6, 6.07) is 10.8. The molecule has 0 fully saturated rings. The molecule has 2 aromatic carbocycles. The fourth-order valence-corrected chi connectivity index (χ4v) is 3.30. The molecule has 0 aliphatic carbocycles. The molecule has 0 aliphatic rings. The third kappa shape index (κ3) is 4.74. The maximum absolute atomic E-state index is 12.5. The number of rotatable bonds is 5. The van der Waals surface area contributed by atoms with Crippen molar-refractivity contribution < 1.29 is 17.9 Å². The fourth-order valence-electron chi connectivity index (χ4n) is 2.67. The highest BCUT2D eigenvalue weighted by Gasteiger charge is 2.15. The predicted octanol–water partition coefficient (Wildman–Crippen LogP) is 2.64. The molecule has 0 unspecified atom stereocenters. The Morgan fingerprint density at radius 1 is 1.07 bits per heavy atom. The van der Waals surface area contributed by atoms with E-state index in [4.69, 9.17) is 4.74 Å². The number of benzene rings is 2. The topological polar surface area (TPSA) is 109 Å². The first-order chi connectivity index (χ1) is 14.0. The summed E-state index contributed by atoms with van der Waals surface area (Å²) in [5, 5.41) is 0. The van der Waals surface area contributed by atoms with Gasteiger partial charge in [-0.2, -0.15) is 0 Å². The van der Waals surface area contributed by atoms with E-state index in [1.54, 1.807) is 39.2 Å². The van der Waals surface area contributed by atoms with Crippen molar-refractivity contribution in [1.82, 2.24) is 14.9 Å². The summed E-state index contributed by atoms with van der Waals surface area (Å²) < 4.78 is 29.1. The van der Waals surface area contributed by atoms with Crippen molar-refractivity contribution in [2.45, 2.75) is 11.8 Å². The van der Waals surface area contributed by atoms with E-state index < -0.39 is 9.84 Å². The van der Waals surface area contributed by atoms with Crippen molar-refractivity contribution in [1.29, 1.82) is 0 Å². The van der Waals surface area contributed by atoms with Crippen LogP contribution in [0.4, 0.5) is 0 Å². The van der Waals surface area contributed by atoms with Crippen LogP contribution in [0, 0.1) is 6.92 Å². The van der Waals surface area contributed by atoms with Crippen LogP contribution in [-0.2, 0) is 9.84 Å². The number of nitrogens with zero attached hydrogens (tertiary/aromatic N) is 2. The number of H-pyrrole nitrogens is 1. The Morgan fingerprint density at radius 2 is 1.73 bits per heavy atom. The Morgan fingerprint density at radius 3 is 2.30 bits per heavy atom. The number of aromatic amines is 1. The second-order valence-electron chi connectivity index (χ2n) is 7.04. The number of sulfone groups is 1. The molecule has 3 rings (SSSR count). The summed E-state index contributed by atoms with van der Waals surface area (Å²) >= 11 is 0. The predicted molar refractivity (Wildman–Crippen MR) is 113 cm³/mol. The van der Waals surface area contributed by atoms with Crippen LogP contribution < -0.4 is 10.3 Å². The molecule has 1 amide bonds. The zero-order valence-electron chi connectivity index (χ0n) is 17.0. The van der Waals surface area contributed by atoms with Gasteiger partial charge in [0.1, 0.15) is 17.3 Å². The molecule has 0 saturated carbocycles. The van der Waals surface area contributed by atoms with E-state index in [1.165, 1.54) is 35.4 Å². The van der Waals surface area contributed by atoms with Crippen LogP contribution in [0.5, 0.6) is 11.5 Å². The quantitative estimate of drug-likeness (QED) is 0.670. The molecule has 3 aromatic rings. The smallest absolute Gasteiger partial charge is 0.254 e. The maximum atomic E-state index is 12.5. The molecule has 0 aliphatic heterocycles. The van der Waals surface area contributed by atoms with Gasteiger partial charge in [-0.25, -0.2) is 13.4 Å². The standard InChI is InChI=1S/C21H21N3O5S/c1-13-12-22-19(23-20(13)25)14-9-15(21(26)24(2)3)11-17(10-14)29-16-5-7-18(8-6-16)30(4,27)28/h5-12H,1-4H3,(H,22,23,25). The Kier molecular flexibility index (Phi) is 5.75. The van der Waals surface area contributed by atoms with Gasteiger partial charge in [-0.05, 0) is 49.4 Å². The van der Waals surface area contributed by atoms with Crippen LogP contribution in [0.2, 0.25) is 0 Å². The minimum Gasteiger partial charge on any atom is -0.457 e. The van der Waals surface area contributed by atoms with Crippen LogP contribution in [0.3, 0.4) is 0 Å². The van der Waals surface area contributed by atoms with Gasteiger partial charge in [0.15, 0.2) is 9.84 Å². The van der Waals surface area contributed by atoms with Gasteiger partial charge in [-0.15, -0.1) is 0 Å². The van der Waals surface area contributed by atoms with E-state index in [1.807, 2.05) is 0 Å². The molecule has 8 nitrogen and oxygen atoms in total. The molecular weight excluding hydrogens is 406 g/mol. The summed E-state index contributed by atoms with van der Waals surface area (Å²) in [4.78, 5) is 33.0. The molecular formula is C21H21N3O5S. The van der Waals surface area contributed by atoms with Gasteiger partial charge in [0, 0.05) is 43.2 Å². The lowest BCUT2D eigenvalue weighted by Gasteiger charge is -2.14. The number of hydrogen-bond acceptors (Lipinski definition) is 6. The molecule has 0 radical (unpaired) electrons. The third-order valence-electron chi connectivity index (χ3n) is 4.30. The number of aromatic nitrogens is 2. The molecule has 156 valence electrons. The fraction of sp³-hybridized carbons (Fsp3) is 0.190. The lowest BCUT2D eigenvalue weighted by atomic mass is 10.1. The minimum atomic E-state index is -3.32. The minimum absolute atomic E-state index is 0.175. The van der Waals surface area contributed by atoms with Crippen molar-refractivity contribution in [3.05, 3.63) is 70.1 Å². The van der Waals surface area contributed by atoms with Gasteiger partial charge in [0.05, 0.1) is 4.90 Å². The molecule has 0 saturated heterocycles. The van der Waals surface area contributed by atoms with Crippen molar-refractivity contribution in [3.8, 4) is 22.9 Å². The van der Waals surface area contributed by atoms with E-state index in [9.17, 15) is 18.0 Å². The molecule has 0 atom stereocenters. The number of hydrogen-bond donors (Lipinski definition) is 1.